The zero-order valence-corrected chi connectivity index (χ0v) is 15.3. The van der Waals surface area contributed by atoms with E-state index in [-0.39, 0.29) is 21.2 Å². The predicted molar refractivity (Wildman–Crippen MR) is 96.9 cm³/mol. The number of rotatable bonds is 3. The number of anilines is 1. The van der Waals surface area contributed by atoms with Crippen LogP contribution in [-0.2, 0) is 4.79 Å². The van der Waals surface area contributed by atoms with E-state index in [0.717, 1.165) is 4.90 Å². The van der Waals surface area contributed by atoms with E-state index in [4.69, 9.17) is 46.4 Å². The first kappa shape index (κ1) is 18.0. The maximum absolute atomic E-state index is 12.3. The maximum Gasteiger partial charge on any atom is 0.262 e. The molecule has 0 atom stereocenters. The number of carbonyl (C=O) groups excluding carboxylic acids is 3. The van der Waals surface area contributed by atoms with E-state index in [2.05, 4.69) is 5.32 Å². The third-order valence-corrected chi connectivity index (χ3v) is 4.62. The van der Waals surface area contributed by atoms with Gasteiger partial charge in [-0.1, -0.05) is 46.4 Å². The first-order valence-electron chi connectivity index (χ1n) is 6.87. The van der Waals surface area contributed by atoms with Crippen LogP contribution in [0.3, 0.4) is 0 Å². The number of fused-ring (bicyclic) bond motifs is 1. The predicted octanol–water partition coefficient (Wildman–Crippen LogP) is 4.53. The molecule has 25 heavy (non-hydrogen) atoms. The van der Waals surface area contributed by atoms with Crippen molar-refractivity contribution in [3.8, 4) is 0 Å². The zero-order valence-electron chi connectivity index (χ0n) is 12.3. The van der Waals surface area contributed by atoms with E-state index in [0.29, 0.717) is 15.7 Å². The second-order valence-electron chi connectivity index (χ2n) is 5.21. The van der Waals surface area contributed by atoms with Crippen molar-refractivity contribution in [2.75, 3.05) is 11.9 Å². The highest BCUT2D eigenvalue weighted by atomic mass is 35.5. The summed E-state index contributed by atoms with van der Waals surface area (Å²) in [4.78, 5) is 37.7. The fourth-order valence-electron chi connectivity index (χ4n) is 2.40. The lowest BCUT2D eigenvalue weighted by molar-refractivity contribution is -0.116. The Hall–Kier alpha value is -1.79. The summed E-state index contributed by atoms with van der Waals surface area (Å²) in [7, 11) is 0. The maximum atomic E-state index is 12.3. The number of benzene rings is 2. The fourth-order valence-corrected chi connectivity index (χ4v) is 3.25. The Morgan fingerprint density at radius 3 is 1.80 bits per heavy atom. The Balaban J connectivity index is 1.78. The number of carbonyl (C=O) groups is 3. The molecule has 0 spiro atoms. The first-order valence-corrected chi connectivity index (χ1v) is 8.38. The molecule has 0 bridgehead atoms. The summed E-state index contributed by atoms with van der Waals surface area (Å²) in [6.45, 7) is -0.467. The standard InChI is InChI=1S/C16H8Cl4N2O3/c17-7-1-8(18)3-9(2-7)21-14(23)6-22-15(24)10-4-12(19)13(20)5-11(10)16(22)25/h1-5H,6H2,(H,21,23). The third-order valence-electron chi connectivity index (χ3n) is 3.46. The van der Waals surface area contributed by atoms with Crippen LogP contribution in [0.5, 0.6) is 0 Å². The SMILES string of the molecule is O=C(CN1C(=O)c2cc(Cl)c(Cl)cc2C1=O)Nc1cc(Cl)cc(Cl)c1. The van der Waals surface area contributed by atoms with Crippen LogP contribution >= 0.6 is 46.4 Å². The highest BCUT2D eigenvalue weighted by molar-refractivity contribution is 6.43. The monoisotopic (exact) mass is 416 g/mol. The number of halogens is 4. The smallest absolute Gasteiger partial charge is 0.262 e. The van der Waals surface area contributed by atoms with Crippen molar-refractivity contribution < 1.29 is 14.4 Å². The number of amides is 3. The molecule has 0 aromatic heterocycles. The Morgan fingerprint density at radius 2 is 1.32 bits per heavy atom. The lowest BCUT2D eigenvalue weighted by Crippen LogP contribution is -2.37. The van der Waals surface area contributed by atoms with Gasteiger partial charge in [-0.15, -0.1) is 0 Å². The Bertz CT molecular complexity index is 869. The average Bonchev–Trinajstić information content (AvgIpc) is 2.72. The second-order valence-corrected chi connectivity index (χ2v) is 6.90. The number of imide groups is 1. The normalized spacial score (nSPS) is 13.2. The van der Waals surface area contributed by atoms with E-state index in [9.17, 15) is 14.4 Å². The summed E-state index contributed by atoms with van der Waals surface area (Å²) in [5, 5.41) is 3.52. The van der Waals surface area contributed by atoms with E-state index in [1.807, 2.05) is 0 Å². The van der Waals surface area contributed by atoms with Gasteiger partial charge in [0.05, 0.1) is 21.2 Å². The molecule has 9 heteroatoms. The van der Waals surface area contributed by atoms with Gasteiger partial charge in [0.25, 0.3) is 11.8 Å². The van der Waals surface area contributed by atoms with Gasteiger partial charge in [-0.2, -0.15) is 0 Å². The van der Waals surface area contributed by atoms with Crippen LogP contribution < -0.4 is 5.32 Å². The van der Waals surface area contributed by atoms with Gasteiger partial charge in [0.15, 0.2) is 0 Å². The Morgan fingerprint density at radius 1 is 0.840 bits per heavy atom. The van der Waals surface area contributed by atoms with Crippen LogP contribution in [0.4, 0.5) is 5.69 Å². The Labute approximate surface area is 162 Å². The number of hydrogen-bond donors (Lipinski definition) is 1. The van der Waals surface area contributed by atoms with Crippen LogP contribution in [-0.4, -0.2) is 29.2 Å². The van der Waals surface area contributed by atoms with Gasteiger partial charge in [0, 0.05) is 15.7 Å². The van der Waals surface area contributed by atoms with Crippen molar-refractivity contribution in [3.05, 3.63) is 61.5 Å². The second kappa shape index (κ2) is 6.84. The highest BCUT2D eigenvalue weighted by Gasteiger charge is 2.37. The molecule has 2 aromatic rings. The lowest BCUT2D eigenvalue weighted by Gasteiger charge is -2.13. The summed E-state index contributed by atoms with van der Waals surface area (Å²) in [5.74, 6) is -1.80. The van der Waals surface area contributed by atoms with Crippen molar-refractivity contribution >= 4 is 69.8 Å². The molecule has 1 N–H and O–H groups in total. The quantitative estimate of drug-likeness (QED) is 0.745. The molecule has 1 aliphatic rings. The van der Waals surface area contributed by atoms with Crippen molar-refractivity contribution in [1.82, 2.24) is 4.90 Å². The van der Waals surface area contributed by atoms with Crippen LogP contribution in [0.2, 0.25) is 20.1 Å². The van der Waals surface area contributed by atoms with Gasteiger partial charge in [-0.3, -0.25) is 19.3 Å². The molecule has 0 saturated carbocycles. The largest absolute Gasteiger partial charge is 0.324 e. The van der Waals surface area contributed by atoms with Crippen LogP contribution in [0.15, 0.2) is 30.3 Å². The molecule has 128 valence electrons. The zero-order chi connectivity index (χ0) is 18.3. The van der Waals surface area contributed by atoms with Crippen molar-refractivity contribution in [3.63, 3.8) is 0 Å². The molecule has 0 radical (unpaired) electrons. The first-order chi connectivity index (χ1) is 11.8. The molecule has 1 heterocycles. The summed E-state index contributed by atoms with van der Waals surface area (Å²) < 4.78 is 0. The van der Waals surface area contributed by atoms with Gasteiger partial charge < -0.3 is 5.32 Å². The molecule has 1 aliphatic heterocycles. The number of nitrogens with one attached hydrogen (secondary N) is 1. The Kier molecular flexibility index (Phi) is 4.93. The topological polar surface area (TPSA) is 66.5 Å². The summed E-state index contributed by atoms with van der Waals surface area (Å²) in [6.07, 6.45) is 0. The average molecular weight is 418 g/mol. The minimum Gasteiger partial charge on any atom is -0.324 e. The van der Waals surface area contributed by atoms with E-state index in [1.54, 1.807) is 0 Å². The summed E-state index contributed by atoms with van der Waals surface area (Å²) in [6, 6.07) is 7.12. The van der Waals surface area contributed by atoms with Crippen LogP contribution in [0.25, 0.3) is 0 Å². The number of hydrogen-bond acceptors (Lipinski definition) is 3. The highest BCUT2D eigenvalue weighted by Crippen LogP contribution is 2.31. The molecule has 3 amide bonds. The van der Waals surface area contributed by atoms with Crippen molar-refractivity contribution in [2.45, 2.75) is 0 Å². The molecular weight excluding hydrogens is 410 g/mol. The fraction of sp³-hybridized carbons (Fsp3) is 0.0625. The molecule has 0 unspecified atom stereocenters. The lowest BCUT2D eigenvalue weighted by atomic mass is 10.1. The molecule has 0 aliphatic carbocycles. The third kappa shape index (κ3) is 3.60. The van der Waals surface area contributed by atoms with Crippen LogP contribution in [0.1, 0.15) is 20.7 Å². The van der Waals surface area contributed by atoms with E-state index in [1.165, 1.54) is 30.3 Å². The minimum absolute atomic E-state index is 0.109. The molecular formula is C16H8Cl4N2O3. The van der Waals surface area contributed by atoms with Crippen LogP contribution in [0, 0.1) is 0 Å². The van der Waals surface area contributed by atoms with E-state index < -0.39 is 24.3 Å². The minimum atomic E-state index is -0.613. The van der Waals surface area contributed by atoms with Gasteiger partial charge in [0.1, 0.15) is 6.54 Å². The van der Waals surface area contributed by atoms with Crippen molar-refractivity contribution in [1.29, 1.82) is 0 Å². The molecule has 2 aromatic carbocycles. The molecule has 5 nitrogen and oxygen atoms in total. The van der Waals surface area contributed by atoms with E-state index >= 15 is 0 Å². The van der Waals surface area contributed by atoms with Gasteiger partial charge in [-0.05, 0) is 30.3 Å². The molecule has 3 rings (SSSR count). The van der Waals surface area contributed by atoms with Gasteiger partial charge in [0.2, 0.25) is 5.91 Å². The summed E-state index contributed by atoms with van der Waals surface area (Å²) >= 11 is 23.5. The van der Waals surface area contributed by atoms with Gasteiger partial charge >= 0.3 is 0 Å². The number of nitrogens with zero attached hydrogens (tertiary/aromatic N) is 1. The van der Waals surface area contributed by atoms with Crippen molar-refractivity contribution in [2.24, 2.45) is 0 Å². The molecule has 0 saturated heterocycles. The summed E-state index contributed by atoms with van der Waals surface area (Å²) in [5.41, 5.74) is 0.571. The van der Waals surface area contributed by atoms with Gasteiger partial charge in [-0.25, -0.2) is 0 Å². The molecule has 0 fully saturated rings.